The lowest BCUT2D eigenvalue weighted by molar-refractivity contribution is 0.0133. The van der Waals surface area contributed by atoms with E-state index in [0.717, 1.165) is 13.1 Å². The zero-order chi connectivity index (χ0) is 17.0. The summed E-state index contributed by atoms with van der Waals surface area (Å²) in [6.07, 6.45) is -0.275. The number of esters is 1. The Bertz CT molecular complexity index is 553. The molecule has 1 saturated heterocycles. The summed E-state index contributed by atoms with van der Waals surface area (Å²) in [6, 6.07) is 3.38. The van der Waals surface area contributed by atoms with Crippen molar-refractivity contribution in [1.82, 2.24) is 9.80 Å². The van der Waals surface area contributed by atoms with Crippen molar-refractivity contribution in [2.45, 2.75) is 32.9 Å². The fourth-order valence-electron chi connectivity index (χ4n) is 2.31. The summed E-state index contributed by atoms with van der Waals surface area (Å²) in [5.41, 5.74) is -0.479. The topological polar surface area (TPSA) is 72.2 Å². The highest BCUT2D eigenvalue weighted by Gasteiger charge is 2.26. The predicted octanol–water partition coefficient (Wildman–Crippen LogP) is 2.12. The number of nitrogens with zero attached hydrogens (tertiary/aromatic N) is 2. The smallest absolute Gasteiger partial charge is 0.410 e. The van der Waals surface area contributed by atoms with Crippen molar-refractivity contribution in [3.05, 3.63) is 23.7 Å². The monoisotopic (exact) mass is 324 g/mol. The van der Waals surface area contributed by atoms with Crippen LogP contribution in [0.15, 0.2) is 16.5 Å². The average Bonchev–Trinajstić information content (AvgIpc) is 2.94. The molecule has 0 saturated carbocycles. The molecule has 7 heteroatoms. The van der Waals surface area contributed by atoms with Crippen LogP contribution in [0.5, 0.6) is 0 Å². The average molecular weight is 324 g/mol. The number of rotatable bonds is 3. The van der Waals surface area contributed by atoms with Gasteiger partial charge in [0.05, 0.1) is 13.7 Å². The van der Waals surface area contributed by atoms with Gasteiger partial charge in [-0.2, -0.15) is 0 Å². The lowest BCUT2D eigenvalue weighted by atomic mass is 10.2. The Labute approximate surface area is 136 Å². The van der Waals surface area contributed by atoms with E-state index >= 15 is 0 Å². The van der Waals surface area contributed by atoms with E-state index < -0.39 is 11.6 Å². The molecular weight excluding hydrogens is 300 g/mol. The minimum absolute atomic E-state index is 0.204. The predicted molar refractivity (Wildman–Crippen MR) is 83.1 cm³/mol. The molecule has 0 aliphatic carbocycles. The number of carbonyl (C=O) groups excluding carboxylic acids is 2. The minimum atomic E-state index is -0.481. The molecule has 1 aromatic rings. The van der Waals surface area contributed by atoms with Crippen molar-refractivity contribution in [3.63, 3.8) is 0 Å². The fourth-order valence-corrected chi connectivity index (χ4v) is 2.31. The second-order valence-electron chi connectivity index (χ2n) is 6.50. The van der Waals surface area contributed by atoms with Crippen LogP contribution in [0.25, 0.3) is 0 Å². The Morgan fingerprint density at radius 2 is 1.83 bits per heavy atom. The van der Waals surface area contributed by atoms with E-state index in [1.54, 1.807) is 17.0 Å². The van der Waals surface area contributed by atoms with Gasteiger partial charge in [-0.3, -0.25) is 4.90 Å². The summed E-state index contributed by atoms with van der Waals surface area (Å²) in [5, 5.41) is 0. The summed E-state index contributed by atoms with van der Waals surface area (Å²) >= 11 is 0. The minimum Gasteiger partial charge on any atom is -0.463 e. The Balaban J connectivity index is 1.82. The summed E-state index contributed by atoms with van der Waals surface area (Å²) in [7, 11) is 1.32. The van der Waals surface area contributed by atoms with Crippen LogP contribution in [0.2, 0.25) is 0 Å². The number of piperazine rings is 1. The highest BCUT2D eigenvalue weighted by Crippen LogP contribution is 2.15. The van der Waals surface area contributed by atoms with Crippen LogP contribution in [-0.2, 0) is 16.0 Å². The maximum atomic E-state index is 12.0. The molecule has 0 radical (unpaired) electrons. The van der Waals surface area contributed by atoms with Gasteiger partial charge in [0.1, 0.15) is 11.4 Å². The molecule has 1 aliphatic heterocycles. The Hall–Kier alpha value is -2.02. The Kier molecular flexibility index (Phi) is 5.30. The van der Waals surface area contributed by atoms with Crippen molar-refractivity contribution in [1.29, 1.82) is 0 Å². The maximum Gasteiger partial charge on any atom is 0.410 e. The quantitative estimate of drug-likeness (QED) is 0.793. The molecule has 0 bridgehead atoms. The molecule has 0 N–H and O–H groups in total. The largest absolute Gasteiger partial charge is 0.463 e. The van der Waals surface area contributed by atoms with Crippen molar-refractivity contribution in [3.8, 4) is 0 Å². The van der Waals surface area contributed by atoms with E-state index in [0.29, 0.717) is 25.4 Å². The van der Waals surface area contributed by atoms with Crippen molar-refractivity contribution in [2.24, 2.45) is 0 Å². The first-order valence-corrected chi connectivity index (χ1v) is 7.66. The number of hydrogen-bond donors (Lipinski definition) is 0. The standard InChI is InChI=1S/C16H24N2O5/c1-16(2,3)23-15(20)18-9-7-17(8-10-18)11-12-5-6-13(22-12)14(19)21-4/h5-6H,7-11H2,1-4H3. The number of amides is 1. The Morgan fingerprint density at radius 1 is 1.17 bits per heavy atom. The second-order valence-corrected chi connectivity index (χ2v) is 6.50. The van der Waals surface area contributed by atoms with Crippen LogP contribution in [-0.4, -0.2) is 60.8 Å². The van der Waals surface area contributed by atoms with Gasteiger partial charge in [0.25, 0.3) is 0 Å². The third-order valence-electron chi connectivity index (χ3n) is 3.45. The van der Waals surface area contributed by atoms with Gasteiger partial charge in [0, 0.05) is 26.2 Å². The fraction of sp³-hybridized carbons (Fsp3) is 0.625. The number of furan rings is 1. The lowest BCUT2D eigenvalue weighted by Crippen LogP contribution is -2.49. The van der Waals surface area contributed by atoms with Gasteiger partial charge in [-0.05, 0) is 32.9 Å². The van der Waals surface area contributed by atoms with E-state index in [2.05, 4.69) is 9.64 Å². The molecule has 0 aromatic carbocycles. The first kappa shape index (κ1) is 17.3. The molecule has 2 rings (SSSR count). The van der Waals surface area contributed by atoms with E-state index in [-0.39, 0.29) is 11.9 Å². The van der Waals surface area contributed by atoms with Crippen LogP contribution in [0, 0.1) is 0 Å². The molecule has 23 heavy (non-hydrogen) atoms. The molecule has 1 aliphatic rings. The number of hydrogen-bond acceptors (Lipinski definition) is 6. The van der Waals surface area contributed by atoms with E-state index in [1.165, 1.54) is 7.11 Å². The van der Waals surface area contributed by atoms with Crippen LogP contribution < -0.4 is 0 Å². The molecule has 1 amide bonds. The third kappa shape index (κ3) is 4.99. The number of ether oxygens (including phenoxy) is 2. The van der Waals surface area contributed by atoms with Crippen LogP contribution >= 0.6 is 0 Å². The third-order valence-corrected chi connectivity index (χ3v) is 3.45. The van der Waals surface area contributed by atoms with Gasteiger partial charge in [0.2, 0.25) is 5.76 Å². The number of methoxy groups -OCH3 is 1. The van der Waals surface area contributed by atoms with Crippen molar-refractivity contribution >= 4 is 12.1 Å². The van der Waals surface area contributed by atoms with Crippen LogP contribution in [0.1, 0.15) is 37.1 Å². The molecule has 0 unspecified atom stereocenters. The van der Waals surface area contributed by atoms with Crippen LogP contribution in [0.4, 0.5) is 4.79 Å². The maximum absolute atomic E-state index is 12.0. The Morgan fingerprint density at radius 3 is 2.39 bits per heavy atom. The molecule has 1 aromatic heterocycles. The van der Waals surface area contributed by atoms with Gasteiger partial charge in [0.15, 0.2) is 0 Å². The zero-order valence-corrected chi connectivity index (χ0v) is 14.1. The molecule has 2 heterocycles. The summed E-state index contributed by atoms with van der Waals surface area (Å²) < 4.78 is 15.4. The van der Waals surface area contributed by atoms with Crippen molar-refractivity contribution in [2.75, 3.05) is 33.3 Å². The van der Waals surface area contributed by atoms with E-state index in [9.17, 15) is 9.59 Å². The molecule has 1 fully saturated rings. The summed E-state index contributed by atoms with van der Waals surface area (Å²) in [4.78, 5) is 27.2. The second kappa shape index (κ2) is 7.04. The van der Waals surface area contributed by atoms with Gasteiger partial charge < -0.3 is 18.8 Å². The highest BCUT2D eigenvalue weighted by atomic mass is 16.6. The van der Waals surface area contributed by atoms with E-state index in [1.807, 2.05) is 20.8 Å². The van der Waals surface area contributed by atoms with Gasteiger partial charge in [-0.15, -0.1) is 0 Å². The highest BCUT2D eigenvalue weighted by molar-refractivity contribution is 5.86. The first-order chi connectivity index (χ1) is 10.8. The summed E-state index contributed by atoms with van der Waals surface area (Å²) in [6.45, 7) is 8.85. The van der Waals surface area contributed by atoms with E-state index in [4.69, 9.17) is 9.15 Å². The SMILES string of the molecule is COC(=O)c1ccc(CN2CCN(C(=O)OC(C)(C)C)CC2)o1. The van der Waals surface area contributed by atoms with Crippen molar-refractivity contribution < 1.29 is 23.5 Å². The molecular formula is C16H24N2O5. The molecule has 0 atom stereocenters. The summed E-state index contributed by atoms with van der Waals surface area (Å²) in [5.74, 6) is 0.428. The van der Waals surface area contributed by atoms with Crippen LogP contribution in [0.3, 0.4) is 0 Å². The zero-order valence-electron chi connectivity index (χ0n) is 14.1. The van der Waals surface area contributed by atoms with Gasteiger partial charge in [-0.25, -0.2) is 9.59 Å². The van der Waals surface area contributed by atoms with Gasteiger partial charge >= 0.3 is 12.1 Å². The first-order valence-electron chi connectivity index (χ1n) is 7.66. The molecule has 0 spiro atoms. The van der Waals surface area contributed by atoms with Gasteiger partial charge in [-0.1, -0.05) is 0 Å². The molecule has 128 valence electrons. The lowest BCUT2D eigenvalue weighted by Gasteiger charge is -2.35. The number of carbonyl (C=O) groups is 2. The molecule has 7 nitrogen and oxygen atoms in total. The normalized spacial score (nSPS) is 16.3.